The zero-order valence-corrected chi connectivity index (χ0v) is 16.8. The first-order valence-electron chi connectivity index (χ1n) is 9.52. The van der Waals surface area contributed by atoms with Crippen LogP contribution in [0.15, 0.2) is 47.4 Å². The molecule has 28 heavy (non-hydrogen) atoms. The van der Waals surface area contributed by atoms with E-state index in [1.807, 2.05) is 12.1 Å². The van der Waals surface area contributed by atoms with Gasteiger partial charge < -0.3 is 10.1 Å². The molecule has 0 radical (unpaired) electrons. The SMILES string of the molecule is CC(C)c1ccc(CN(C2CC2)S(=O)(=O)c2ccc3c(c2)NC(=O)CO3)cc1. The van der Waals surface area contributed by atoms with Crippen molar-refractivity contribution in [1.29, 1.82) is 0 Å². The minimum atomic E-state index is -3.69. The van der Waals surface area contributed by atoms with E-state index in [-0.39, 0.29) is 23.5 Å². The largest absolute Gasteiger partial charge is 0.482 e. The maximum absolute atomic E-state index is 13.3. The second-order valence-corrected chi connectivity index (χ2v) is 9.56. The monoisotopic (exact) mass is 400 g/mol. The van der Waals surface area contributed by atoms with Gasteiger partial charge in [-0.25, -0.2) is 8.42 Å². The van der Waals surface area contributed by atoms with E-state index < -0.39 is 10.0 Å². The van der Waals surface area contributed by atoms with E-state index in [4.69, 9.17) is 4.74 Å². The number of carbonyl (C=O) groups is 1. The number of ether oxygens (including phenoxy) is 1. The predicted octanol–water partition coefficient (Wildman–Crippen LogP) is 3.49. The molecule has 1 N–H and O–H groups in total. The lowest BCUT2D eigenvalue weighted by atomic mass is 10.0. The summed E-state index contributed by atoms with van der Waals surface area (Å²) in [6.45, 7) is 4.55. The predicted molar refractivity (Wildman–Crippen MR) is 107 cm³/mol. The van der Waals surface area contributed by atoms with E-state index >= 15 is 0 Å². The molecule has 0 bridgehead atoms. The van der Waals surface area contributed by atoms with E-state index in [0.717, 1.165) is 18.4 Å². The quantitative estimate of drug-likeness (QED) is 0.805. The van der Waals surface area contributed by atoms with Crippen molar-refractivity contribution in [2.45, 2.75) is 50.1 Å². The van der Waals surface area contributed by atoms with Crippen LogP contribution in [0.5, 0.6) is 5.75 Å². The molecule has 1 saturated carbocycles. The highest BCUT2D eigenvalue weighted by molar-refractivity contribution is 7.89. The highest BCUT2D eigenvalue weighted by atomic mass is 32.2. The summed E-state index contributed by atoms with van der Waals surface area (Å²) in [4.78, 5) is 11.7. The van der Waals surface area contributed by atoms with Gasteiger partial charge in [0, 0.05) is 12.6 Å². The maximum atomic E-state index is 13.3. The van der Waals surface area contributed by atoms with E-state index in [1.165, 1.54) is 11.6 Å². The smallest absolute Gasteiger partial charge is 0.262 e. The lowest BCUT2D eigenvalue weighted by Gasteiger charge is -2.24. The molecule has 1 aliphatic heterocycles. The first-order valence-corrected chi connectivity index (χ1v) is 11.0. The van der Waals surface area contributed by atoms with Gasteiger partial charge in [0.1, 0.15) is 5.75 Å². The van der Waals surface area contributed by atoms with Crippen molar-refractivity contribution in [3.8, 4) is 5.75 Å². The van der Waals surface area contributed by atoms with Crippen molar-refractivity contribution in [2.75, 3.05) is 11.9 Å². The summed E-state index contributed by atoms with van der Waals surface area (Å²) in [7, 11) is -3.69. The molecule has 1 aliphatic carbocycles. The van der Waals surface area contributed by atoms with E-state index in [1.54, 1.807) is 16.4 Å². The zero-order valence-electron chi connectivity index (χ0n) is 16.0. The zero-order chi connectivity index (χ0) is 19.9. The average Bonchev–Trinajstić information content (AvgIpc) is 3.50. The summed E-state index contributed by atoms with van der Waals surface area (Å²) < 4.78 is 33.6. The molecule has 2 aromatic carbocycles. The Labute approximate surface area is 165 Å². The van der Waals surface area contributed by atoms with Gasteiger partial charge in [-0.1, -0.05) is 38.1 Å². The molecule has 2 aliphatic rings. The Hall–Kier alpha value is -2.38. The molecule has 1 heterocycles. The number of amides is 1. The van der Waals surface area contributed by atoms with Gasteiger partial charge >= 0.3 is 0 Å². The number of sulfonamides is 1. The molecule has 6 nitrogen and oxygen atoms in total. The lowest BCUT2D eigenvalue weighted by Crippen LogP contribution is -2.33. The molecule has 0 atom stereocenters. The average molecular weight is 401 g/mol. The Morgan fingerprint density at radius 1 is 1.14 bits per heavy atom. The standard InChI is InChI=1S/C21H24N2O4S/c1-14(2)16-5-3-15(4-6-16)12-23(17-7-8-17)28(25,26)18-9-10-20-19(11-18)22-21(24)13-27-20/h3-6,9-11,14,17H,7-8,12-13H2,1-2H3,(H,22,24). The van der Waals surface area contributed by atoms with Crippen LogP contribution in [0, 0.1) is 0 Å². The van der Waals surface area contributed by atoms with Gasteiger partial charge in [0.15, 0.2) is 6.61 Å². The second-order valence-electron chi connectivity index (χ2n) is 7.67. The summed E-state index contributed by atoms with van der Waals surface area (Å²) in [6, 6.07) is 12.8. The number of hydrogen-bond acceptors (Lipinski definition) is 4. The Morgan fingerprint density at radius 3 is 2.50 bits per heavy atom. The van der Waals surface area contributed by atoms with Gasteiger partial charge in [-0.3, -0.25) is 4.79 Å². The van der Waals surface area contributed by atoms with Crippen LogP contribution in [-0.4, -0.2) is 31.3 Å². The molecular weight excluding hydrogens is 376 g/mol. The van der Waals surface area contributed by atoms with Crippen molar-refractivity contribution >= 4 is 21.6 Å². The molecule has 2 aromatic rings. The van der Waals surface area contributed by atoms with Gasteiger partial charge in [0.05, 0.1) is 10.6 Å². The summed E-state index contributed by atoms with van der Waals surface area (Å²) in [5, 5.41) is 2.68. The van der Waals surface area contributed by atoms with Gasteiger partial charge in [-0.15, -0.1) is 0 Å². The number of nitrogens with zero attached hydrogens (tertiary/aromatic N) is 1. The Morgan fingerprint density at radius 2 is 1.86 bits per heavy atom. The van der Waals surface area contributed by atoms with Crippen molar-refractivity contribution < 1.29 is 17.9 Å². The topological polar surface area (TPSA) is 75.7 Å². The molecule has 1 amide bonds. The number of benzene rings is 2. The van der Waals surface area contributed by atoms with Crippen molar-refractivity contribution in [3.63, 3.8) is 0 Å². The van der Waals surface area contributed by atoms with Crippen LogP contribution in [0.1, 0.15) is 43.7 Å². The summed E-state index contributed by atoms with van der Waals surface area (Å²) in [5.41, 5.74) is 2.60. The normalized spacial score (nSPS) is 16.6. The Kier molecular flexibility index (Phi) is 4.89. The van der Waals surface area contributed by atoms with Crippen LogP contribution in [0.4, 0.5) is 5.69 Å². The van der Waals surface area contributed by atoms with Crippen LogP contribution < -0.4 is 10.1 Å². The lowest BCUT2D eigenvalue weighted by molar-refractivity contribution is -0.118. The first-order chi connectivity index (χ1) is 13.3. The number of nitrogens with one attached hydrogen (secondary N) is 1. The first kappa shape index (κ1) is 19.0. The summed E-state index contributed by atoms with van der Waals surface area (Å²) in [6.07, 6.45) is 1.74. The molecule has 1 fully saturated rings. The molecule has 0 spiro atoms. The Balaban J connectivity index is 1.62. The molecule has 0 unspecified atom stereocenters. The van der Waals surface area contributed by atoms with Gasteiger partial charge in [-0.05, 0) is 48.1 Å². The number of hydrogen-bond donors (Lipinski definition) is 1. The molecule has 0 saturated heterocycles. The van der Waals surface area contributed by atoms with Gasteiger partial charge in [0.2, 0.25) is 10.0 Å². The summed E-state index contributed by atoms with van der Waals surface area (Å²) in [5.74, 6) is 0.636. The minimum Gasteiger partial charge on any atom is -0.482 e. The number of carbonyl (C=O) groups excluding carboxylic acids is 1. The fourth-order valence-corrected chi connectivity index (χ4v) is 5.02. The van der Waals surface area contributed by atoms with Gasteiger partial charge in [0.25, 0.3) is 5.91 Å². The second kappa shape index (κ2) is 7.22. The van der Waals surface area contributed by atoms with E-state index in [2.05, 4.69) is 31.3 Å². The van der Waals surface area contributed by atoms with E-state index in [0.29, 0.717) is 23.9 Å². The van der Waals surface area contributed by atoms with E-state index in [9.17, 15) is 13.2 Å². The van der Waals surface area contributed by atoms with Crippen molar-refractivity contribution in [3.05, 3.63) is 53.6 Å². The molecular formula is C21H24N2O4S. The third-order valence-electron chi connectivity index (χ3n) is 5.13. The van der Waals surface area contributed by atoms with Crippen LogP contribution >= 0.6 is 0 Å². The highest BCUT2D eigenvalue weighted by Crippen LogP contribution is 2.36. The minimum absolute atomic E-state index is 0.0247. The van der Waals surface area contributed by atoms with Crippen LogP contribution in [0.25, 0.3) is 0 Å². The molecule has 7 heteroatoms. The fourth-order valence-electron chi connectivity index (χ4n) is 3.32. The van der Waals surface area contributed by atoms with Crippen LogP contribution in [0.3, 0.4) is 0 Å². The number of anilines is 1. The van der Waals surface area contributed by atoms with Crippen LogP contribution in [0.2, 0.25) is 0 Å². The molecule has 4 rings (SSSR count). The molecule has 0 aromatic heterocycles. The van der Waals surface area contributed by atoms with Gasteiger partial charge in [-0.2, -0.15) is 4.31 Å². The number of rotatable bonds is 6. The number of fused-ring (bicyclic) bond motifs is 1. The fraction of sp³-hybridized carbons (Fsp3) is 0.381. The summed E-state index contributed by atoms with van der Waals surface area (Å²) >= 11 is 0. The maximum Gasteiger partial charge on any atom is 0.262 e. The van der Waals surface area contributed by atoms with Crippen molar-refractivity contribution in [1.82, 2.24) is 4.31 Å². The third-order valence-corrected chi connectivity index (χ3v) is 7.02. The third kappa shape index (κ3) is 3.77. The molecule has 148 valence electrons. The van der Waals surface area contributed by atoms with Crippen molar-refractivity contribution in [2.24, 2.45) is 0 Å². The Bertz CT molecular complexity index is 996. The van der Waals surface area contributed by atoms with Crippen LogP contribution in [-0.2, 0) is 21.4 Å². The highest BCUT2D eigenvalue weighted by Gasteiger charge is 2.38.